The lowest BCUT2D eigenvalue weighted by Crippen LogP contribution is -2.25. The highest BCUT2D eigenvalue weighted by Gasteiger charge is 2.36. The Morgan fingerprint density at radius 1 is 1.25 bits per heavy atom. The number of halogens is 3. The number of hydrogen-bond acceptors (Lipinski definition) is 5. The van der Waals surface area contributed by atoms with E-state index in [4.69, 9.17) is 4.74 Å². The van der Waals surface area contributed by atoms with Gasteiger partial charge in [0.2, 0.25) is 0 Å². The van der Waals surface area contributed by atoms with Gasteiger partial charge in [-0.3, -0.25) is 4.79 Å². The summed E-state index contributed by atoms with van der Waals surface area (Å²) in [5.41, 5.74) is -0.768. The van der Waals surface area contributed by atoms with Crippen LogP contribution in [0, 0.1) is 0 Å². The number of ether oxygens (including phenoxy) is 1. The highest BCUT2D eigenvalue weighted by atomic mass is 19.4. The SMILES string of the molecule is COc1cccc(-c2cc(C(F)(F)F)n3ncc(C(=O)NCCCn4ccnc4)c3n2)c1. The van der Waals surface area contributed by atoms with Crippen LogP contribution in [0.1, 0.15) is 22.5 Å². The summed E-state index contributed by atoms with van der Waals surface area (Å²) in [5.74, 6) is -0.0730. The van der Waals surface area contributed by atoms with E-state index in [1.165, 1.54) is 7.11 Å². The Morgan fingerprint density at radius 3 is 2.81 bits per heavy atom. The standard InChI is InChI=1S/C21H19F3N6O2/c1-32-15-5-2-4-14(10-15)17-11-18(21(22,23)24)30-19(28-17)16(12-27-30)20(31)26-6-3-8-29-9-7-25-13-29/h2,4-5,7,9-13H,3,6,8H2,1H3,(H,26,31). The maximum atomic E-state index is 13.7. The third kappa shape index (κ3) is 4.41. The molecule has 0 saturated carbocycles. The van der Waals surface area contributed by atoms with Crippen LogP contribution in [-0.4, -0.2) is 43.7 Å². The molecule has 0 saturated heterocycles. The third-order valence-corrected chi connectivity index (χ3v) is 4.81. The van der Waals surface area contributed by atoms with Gasteiger partial charge in [0.1, 0.15) is 11.3 Å². The van der Waals surface area contributed by atoms with Crippen LogP contribution >= 0.6 is 0 Å². The second-order valence-electron chi connectivity index (χ2n) is 6.96. The molecule has 0 atom stereocenters. The van der Waals surface area contributed by atoms with Crippen molar-refractivity contribution in [2.75, 3.05) is 13.7 Å². The van der Waals surface area contributed by atoms with Gasteiger partial charge in [0.05, 0.1) is 25.3 Å². The number of nitrogens with one attached hydrogen (secondary N) is 1. The van der Waals surface area contributed by atoms with Crippen molar-refractivity contribution >= 4 is 11.6 Å². The van der Waals surface area contributed by atoms with E-state index in [1.807, 2.05) is 4.57 Å². The Labute approximate surface area is 180 Å². The number of amides is 1. The minimum atomic E-state index is -4.70. The number of benzene rings is 1. The van der Waals surface area contributed by atoms with Gasteiger partial charge in [0.15, 0.2) is 11.3 Å². The van der Waals surface area contributed by atoms with Gasteiger partial charge >= 0.3 is 6.18 Å². The highest BCUT2D eigenvalue weighted by Crippen LogP contribution is 2.33. The molecule has 8 nitrogen and oxygen atoms in total. The normalized spacial score (nSPS) is 11.6. The van der Waals surface area contributed by atoms with Gasteiger partial charge in [-0.1, -0.05) is 12.1 Å². The first kappa shape index (κ1) is 21.3. The topological polar surface area (TPSA) is 86.3 Å². The van der Waals surface area contributed by atoms with Crippen molar-refractivity contribution in [3.05, 3.63) is 66.5 Å². The predicted molar refractivity (Wildman–Crippen MR) is 109 cm³/mol. The Balaban J connectivity index is 1.65. The summed E-state index contributed by atoms with van der Waals surface area (Å²) >= 11 is 0. The fourth-order valence-electron chi connectivity index (χ4n) is 3.23. The molecule has 1 amide bonds. The van der Waals surface area contributed by atoms with E-state index in [0.29, 0.717) is 35.3 Å². The predicted octanol–water partition coefficient (Wildman–Crippen LogP) is 3.44. The molecule has 0 radical (unpaired) electrons. The average Bonchev–Trinajstić information content (AvgIpc) is 3.45. The number of rotatable bonds is 7. The Morgan fingerprint density at radius 2 is 2.09 bits per heavy atom. The highest BCUT2D eigenvalue weighted by molar-refractivity contribution is 5.99. The van der Waals surface area contributed by atoms with Crippen LogP contribution in [0.25, 0.3) is 16.9 Å². The van der Waals surface area contributed by atoms with Gasteiger partial charge in [-0.15, -0.1) is 0 Å². The van der Waals surface area contributed by atoms with Gasteiger partial charge in [-0.25, -0.2) is 14.5 Å². The Hall–Kier alpha value is -3.89. The molecule has 0 unspecified atom stereocenters. The quantitative estimate of drug-likeness (QED) is 0.442. The lowest BCUT2D eigenvalue weighted by atomic mass is 10.1. The first-order chi connectivity index (χ1) is 15.4. The van der Waals surface area contributed by atoms with Crippen molar-refractivity contribution in [2.45, 2.75) is 19.1 Å². The third-order valence-electron chi connectivity index (χ3n) is 4.81. The lowest BCUT2D eigenvalue weighted by Gasteiger charge is -2.12. The zero-order valence-corrected chi connectivity index (χ0v) is 17.0. The number of methoxy groups -OCH3 is 1. The van der Waals surface area contributed by atoms with E-state index in [-0.39, 0.29) is 16.9 Å². The smallest absolute Gasteiger partial charge is 0.433 e. The van der Waals surface area contributed by atoms with E-state index in [9.17, 15) is 18.0 Å². The minimum absolute atomic E-state index is 0.0390. The first-order valence-electron chi connectivity index (χ1n) is 9.71. The zero-order valence-electron chi connectivity index (χ0n) is 17.0. The first-order valence-corrected chi connectivity index (χ1v) is 9.71. The van der Waals surface area contributed by atoms with Crippen molar-refractivity contribution in [1.82, 2.24) is 29.5 Å². The van der Waals surface area contributed by atoms with Crippen molar-refractivity contribution in [3.8, 4) is 17.0 Å². The second-order valence-corrected chi connectivity index (χ2v) is 6.96. The molecule has 0 aliphatic heterocycles. The largest absolute Gasteiger partial charge is 0.497 e. The number of alkyl halides is 3. The summed E-state index contributed by atoms with van der Waals surface area (Å²) in [4.78, 5) is 20.9. The van der Waals surface area contributed by atoms with Crippen LogP contribution in [0.4, 0.5) is 13.2 Å². The van der Waals surface area contributed by atoms with E-state index in [2.05, 4.69) is 20.4 Å². The van der Waals surface area contributed by atoms with E-state index < -0.39 is 17.8 Å². The molecule has 0 spiro atoms. The molecule has 32 heavy (non-hydrogen) atoms. The van der Waals surface area contributed by atoms with Crippen molar-refractivity contribution < 1.29 is 22.7 Å². The maximum Gasteiger partial charge on any atom is 0.433 e. The number of aryl methyl sites for hydroxylation is 1. The molecule has 4 aromatic rings. The molecule has 0 fully saturated rings. The van der Waals surface area contributed by atoms with Crippen LogP contribution < -0.4 is 10.1 Å². The van der Waals surface area contributed by atoms with E-state index in [0.717, 1.165) is 12.3 Å². The number of imidazole rings is 1. The molecular weight excluding hydrogens is 425 g/mol. The molecule has 1 N–H and O–H groups in total. The molecular formula is C21H19F3N6O2. The number of carbonyl (C=O) groups excluding carboxylic acids is 1. The van der Waals surface area contributed by atoms with Crippen molar-refractivity contribution in [3.63, 3.8) is 0 Å². The van der Waals surface area contributed by atoms with Crippen LogP contribution in [-0.2, 0) is 12.7 Å². The molecule has 0 aliphatic carbocycles. The van der Waals surface area contributed by atoms with E-state index in [1.54, 1.807) is 43.0 Å². The summed E-state index contributed by atoms with van der Waals surface area (Å²) in [6.07, 6.45) is 2.14. The van der Waals surface area contributed by atoms with Crippen LogP contribution in [0.2, 0.25) is 0 Å². The van der Waals surface area contributed by atoms with Crippen LogP contribution in [0.5, 0.6) is 5.75 Å². The summed E-state index contributed by atoms with van der Waals surface area (Å²) in [6, 6.07) is 7.42. The van der Waals surface area contributed by atoms with Gasteiger partial charge in [0, 0.05) is 31.0 Å². The fraction of sp³-hybridized carbons (Fsp3) is 0.238. The van der Waals surface area contributed by atoms with Gasteiger partial charge in [-0.05, 0) is 24.6 Å². The van der Waals surface area contributed by atoms with Crippen LogP contribution in [0.15, 0.2) is 55.2 Å². The summed E-state index contributed by atoms with van der Waals surface area (Å²) in [5, 5.41) is 6.49. The second kappa shape index (κ2) is 8.69. The summed E-state index contributed by atoms with van der Waals surface area (Å²) in [7, 11) is 1.46. The molecule has 11 heteroatoms. The Kier molecular flexibility index (Phi) is 5.80. The Bertz CT molecular complexity index is 1230. The molecule has 3 heterocycles. The molecule has 3 aromatic heterocycles. The fourth-order valence-corrected chi connectivity index (χ4v) is 3.23. The number of aromatic nitrogens is 5. The molecule has 0 aliphatic rings. The van der Waals surface area contributed by atoms with Crippen molar-refractivity contribution in [2.24, 2.45) is 0 Å². The van der Waals surface area contributed by atoms with E-state index >= 15 is 0 Å². The maximum absolute atomic E-state index is 13.7. The number of nitrogens with zero attached hydrogens (tertiary/aromatic N) is 5. The summed E-state index contributed by atoms with van der Waals surface area (Å²) < 4.78 is 48.8. The molecule has 1 aromatic carbocycles. The summed E-state index contributed by atoms with van der Waals surface area (Å²) in [6.45, 7) is 0.974. The number of carbonyl (C=O) groups is 1. The van der Waals surface area contributed by atoms with Gasteiger partial charge in [-0.2, -0.15) is 18.3 Å². The minimum Gasteiger partial charge on any atom is -0.497 e. The molecule has 166 valence electrons. The monoisotopic (exact) mass is 444 g/mol. The van der Waals surface area contributed by atoms with Gasteiger partial charge < -0.3 is 14.6 Å². The number of fused-ring (bicyclic) bond motifs is 1. The lowest BCUT2D eigenvalue weighted by molar-refractivity contribution is -0.142. The van der Waals surface area contributed by atoms with Gasteiger partial charge in [0.25, 0.3) is 5.91 Å². The molecule has 0 bridgehead atoms. The average molecular weight is 444 g/mol. The van der Waals surface area contributed by atoms with Crippen LogP contribution in [0.3, 0.4) is 0 Å². The molecule has 4 rings (SSSR count). The van der Waals surface area contributed by atoms with Crippen molar-refractivity contribution in [1.29, 1.82) is 0 Å². The zero-order chi connectivity index (χ0) is 22.7. The number of hydrogen-bond donors (Lipinski definition) is 1.